The lowest BCUT2D eigenvalue weighted by molar-refractivity contribution is -0.147. The highest BCUT2D eigenvalue weighted by molar-refractivity contribution is 8.00. The third kappa shape index (κ3) is 7.68. The maximum atomic E-state index is 11.7. The van der Waals surface area contributed by atoms with E-state index in [0.29, 0.717) is 33.6 Å². The third-order valence-electron chi connectivity index (χ3n) is 6.13. The molecule has 0 bridgehead atoms. The topological polar surface area (TPSA) is 76.0 Å². The number of halogens is 1. The van der Waals surface area contributed by atoms with E-state index in [-0.39, 0.29) is 30.7 Å². The number of rotatable bonds is 10. The average molecular weight is 483 g/mol. The van der Waals surface area contributed by atoms with Crippen LogP contribution in [0.2, 0.25) is 5.02 Å². The molecule has 0 aromatic heterocycles. The van der Waals surface area contributed by atoms with Crippen LogP contribution in [0.4, 0.5) is 0 Å². The predicted molar refractivity (Wildman–Crippen MR) is 129 cm³/mol. The largest absolute Gasteiger partial charge is 0.491 e. The van der Waals surface area contributed by atoms with Crippen molar-refractivity contribution < 1.29 is 24.5 Å². The molecular weight excluding hydrogens is 448 g/mol. The van der Waals surface area contributed by atoms with Crippen LogP contribution in [0.3, 0.4) is 0 Å². The number of esters is 1. The molecule has 2 N–H and O–H groups in total. The number of fused-ring (bicyclic) bond motifs is 1. The molecule has 0 unspecified atom stereocenters. The van der Waals surface area contributed by atoms with Crippen molar-refractivity contribution in [2.24, 2.45) is 11.8 Å². The van der Waals surface area contributed by atoms with Crippen molar-refractivity contribution >= 4 is 29.3 Å². The van der Waals surface area contributed by atoms with Gasteiger partial charge in [-0.05, 0) is 70.1 Å². The molecule has 2 fully saturated rings. The molecule has 1 saturated heterocycles. The minimum Gasteiger partial charge on any atom is -0.491 e. The summed E-state index contributed by atoms with van der Waals surface area (Å²) < 4.78 is 10.8. The average Bonchev–Trinajstić information content (AvgIpc) is 3.04. The summed E-state index contributed by atoms with van der Waals surface area (Å²) in [6, 6.07) is 7.10. The molecule has 0 amide bonds. The van der Waals surface area contributed by atoms with E-state index < -0.39 is 6.10 Å². The summed E-state index contributed by atoms with van der Waals surface area (Å²) in [6.07, 6.45) is 7.84. The van der Waals surface area contributed by atoms with E-state index >= 15 is 0 Å². The first-order valence-corrected chi connectivity index (χ1v) is 12.9. The Bertz CT molecular complexity index is 770. The quantitative estimate of drug-likeness (QED) is 0.360. The van der Waals surface area contributed by atoms with Gasteiger partial charge < -0.3 is 19.7 Å². The van der Waals surface area contributed by atoms with Crippen LogP contribution >= 0.6 is 23.4 Å². The van der Waals surface area contributed by atoms with Gasteiger partial charge in [0.15, 0.2) is 0 Å². The van der Waals surface area contributed by atoms with Crippen molar-refractivity contribution in [3.63, 3.8) is 0 Å². The lowest BCUT2D eigenvalue weighted by atomic mass is 9.88. The van der Waals surface area contributed by atoms with Crippen LogP contribution in [0.15, 0.2) is 36.4 Å². The molecule has 6 atom stereocenters. The minimum absolute atomic E-state index is 0.0563. The molecule has 1 heterocycles. The van der Waals surface area contributed by atoms with E-state index in [9.17, 15) is 15.0 Å². The molecule has 0 radical (unpaired) electrons. The van der Waals surface area contributed by atoms with Crippen molar-refractivity contribution in [2.75, 3.05) is 6.61 Å². The van der Waals surface area contributed by atoms with E-state index in [1.54, 1.807) is 30.3 Å². The Morgan fingerprint density at radius 3 is 2.91 bits per heavy atom. The van der Waals surface area contributed by atoms with Gasteiger partial charge in [0.25, 0.3) is 0 Å². The number of benzene rings is 1. The van der Waals surface area contributed by atoms with Gasteiger partial charge in [-0.3, -0.25) is 4.79 Å². The number of hydrogen-bond acceptors (Lipinski definition) is 6. The molecule has 7 heteroatoms. The van der Waals surface area contributed by atoms with Crippen molar-refractivity contribution in [1.29, 1.82) is 0 Å². The summed E-state index contributed by atoms with van der Waals surface area (Å²) in [5.74, 6) is 1.00. The molecule has 1 aliphatic carbocycles. The highest BCUT2D eigenvalue weighted by Gasteiger charge is 2.44. The molecule has 1 aromatic carbocycles. The zero-order valence-electron chi connectivity index (χ0n) is 18.9. The number of ether oxygens (including phenoxy) is 2. The van der Waals surface area contributed by atoms with Crippen LogP contribution in [0.1, 0.15) is 52.4 Å². The second-order valence-corrected chi connectivity index (χ2v) is 11.1. The number of carbonyl (C=O) groups is 1. The lowest BCUT2D eigenvalue weighted by Gasteiger charge is -2.33. The molecule has 0 spiro atoms. The van der Waals surface area contributed by atoms with Crippen LogP contribution < -0.4 is 4.74 Å². The van der Waals surface area contributed by atoms with Crippen molar-refractivity contribution in [1.82, 2.24) is 0 Å². The molecule has 32 heavy (non-hydrogen) atoms. The smallest absolute Gasteiger partial charge is 0.306 e. The van der Waals surface area contributed by atoms with Crippen LogP contribution in [-0.4, -0.2) is 51.6 Å². The summed E-state index contributed by atoms with van der Waals surface area (Å²) >= 11 is 7.92. The highest BCUT2D eigenvalue weighted by Crippen LogP contribution is 2.49. The van der Waals surface area contributed by atoms with Gasteiger partial charge in [0.2, 0.25) is 0 Å². The highest BCUT2D eigenvalue weighted by atomic mass is 35.5. The maximum Gasteiger partial charge on any atom is 0.306 e. The number of aliphatic hydroxyl groups excluding tert-OH is 2. The monoisotopic (exact) mass is 482 g/mol. The van der Waals surface area contributed by atoms with E-state index in [0.717, 1.165) is 32.1 Å². The number of hydrogen-bond donors (Lipinski definition) is 2. The Hall–Kier alpha value is -1.21. The standard InChI is InChI=1S/C25H35ClO5S/c1-16(2)31-25(29)8-4-7-20-10-12-22-21(23(28)14-24(22)32-20)11-9-18(27)15-30-19-6-3-5-17(26)13-19/h3,5-6,9,11,13,16,18,20-24,27-28H,4,7-8,10,12,14-15H2,1-2H3/b11-9+/t18-,20+,21-,22-,23-,24+/m1/s1. The lowest BCUT2D eigenvalue weighted by Crippen LogP contribution is -2.27. The van der Waals surface area contributed by atoms with E-state index in [4.69, 9.17) is 21.1 Å². The van der Waals surface area contributed by atoms with Gasteiger partial charge >= 0.3 is 5.97 Å². The molecule has 1 aromatic rings. The number of carbonyl (C=O) groups excluding carboxylic acids is 1. The normalized spacial score (nSPS) is 28.6. The fourth-order valence-corrected chi connectivity index (χ4v) is 6.74. The summed E-state index contributed by atoms with van der Waals surface area (Å²) in [4.78, 5) is 11.7. The minimum atomic E-state index is -0.741. The van der Waals surface area contributed by atoms with Crippen LogP contribution in [0.5, 0.6) is 5.75 Å². The SMILES string of the molecule is CC(C)OC(=O)CCC[C@H]1CC[C@@H]2[C@@H](/C=C/[C@@H](O)COc3cccc(Cl)c3)[C@H](O)C[C@@H]2S1. The maximum absolute atomic E-state index is 11.7. The first-order valence-electron chi connectivity index (χ1n) is 11.6. The fourth-order valence-electron chi connectivity index (χ4n) is 4.66. The predicted octanol–water partition coefficient (Wildman–Crippen LogP) is 5.02. The Morgan fingerprint density at radius 1 is 1.34 bits per heavy atom. The van der Waals surface area contributed by atoms with Gasteiger partial charge in [-0.1, -0.05) is 29.8 Å². The van der Waals surface area contributed by atoms with Crippen molar-refractivity contribution in [2.45, 2.75) is 81.2 Å². The van der Waals surface area contributed by atoms with E-state index in [2.05, 4.69) is 0 Å². The summed E-state index contributed by atoms with van der Waals surface area (Å²) in [6.45, 7) is 3.89. The molecular formula is C25H35ClO5S. The Balaban J connectivity index is 1.42. The first-order chi connectivity index (χ1) is 15.3. The Kier molecular flexibility index (Phi) is 9.77. The molecule has 2 aliphatic rings. The summed E-state index contributed by atoms with van der Waals surface area (Å²) in [7, 11) is 0. The first kappa shape index (κ1) is 25.4. The summed E-state index contributed by atoms with van der Waals surface area (Å²) in [5, 5.41) is 22.5. The zero-order chi connectivity index (χ0) is 23.1. The summed E-state index contributed by atoms with van der Waals surface area (Å²) in [5.41, 5.74) is 0. The molecule has 178 valence electrons. The van der Waals surface area contributed by atoms with Crippen LogP contribution in [-0.2, 0) is 9.53 Å². The molecule has 3 rings (SSSR count). The third-order valence-corrected chi connectivity index (χ3v) is 8.11. The van der Waals surface area contributed by atoms with Crippen LogP contribution in [0.25, 0.3) is 0 Å². The van der Waals surface area contributed by atoms with Crippen molar-refractivity contribution in [3.8, 4) is 5.75 Å². The second-order valence-electron chi connectivity index (χ2n) is 9.07. The van der Waals surface area contributed by atoms with Gasteiger partial charge in [-0.15, -0.1) is 0 Å². The van der Waals surface area contributed by atoms with Gasteiger partial charge in [0.05, 0.1) is 12.2 Å². The van der Waals surface area contributed by atoms with Gasteiger partial charge in [-0.2, -0.15) is 11.8 Å². The van der Waals surface area contributed by atoms with E-state index in [1.807, 2.05) is 31.7 Å². The number of thioether (sulfide) groups is 1. The second kappa shape index (κ2) is 12.3. The van der Waals surface area contributed by atoms with E-state index in [1.165, 1.54) is 0 Å². The Morgan fingerprint density at radius 2 is 2.16 bits per heavy atom. The van der Waals surface area contributed by atoms with Gasteiger partial charge in [0, 0.05) is 27.9 Å². The molecule has 1 saturated carbocycles. The molecule has 5 nitrogen and oxygen atoms in total. The Labute approximate surface area is 200 Å². The van der Waals surface area contributed by atoms with Gasteiger partial charge in [0.1, 0.15) is 18.5 Å². The number of aliphatic hydroxyl groups is 2. The molecule has 1 aliphatic heterocycles. The van der Waals surface area contributed by atoms with Crippen LogP contribution in [0, 0.1) is 11.8 Å². The zero-order valence-corrected chi connectivity index (χ0v) is 20.4. The fraction of sp³-hybridized carbons (Fsp3) is 0.640. The van der Waals surface area contributed by atoms with Crippen molar-refractivity contribution in [3.05, 3.63) is 41.4 Å². The van der Waals surface area contributed by atoms with Gasteiger partial charge in [-0.25, -0.2) is 0 Å².